The number of carbonyl (C=O) groups is 1. The van der Waals surface area contributed by atoms with Gasteiger partial charge in [-0.2, -0.15) is 0 Å². The highest BCUT2D eigenvalue weighted by Crippen LogP contribution is 2.61. The van der Waals surface area contributed by atoms with E-state index in [0.717, 1.165) is 35.3 Å². The van der Waals surface area contributed by atoms with E-state index in [2.05, 4.69) is 43.0 Å². The minimum atomic E-state index is -0.884. The fraction of sp³-hybridized carbons (Fsp3) is 0.367. The average Bonchev–Trinajstić information content (AvgIpc) is 2.78. The maximum atomic E-state index is 11.2. The molecule has 4 fully saturated rings. The van der Waals surface area contributed by atoms with Gasteiger partial charge in [0.15, 0.2) is 0 Å². The van der Waals surface area contributed by atoms with Crippen molar-refractivity contribution in [3.63, 3.8) is 0 Å². The van der Waals surface area contributed by atoms with E-state index in [4.69, 9.17) is 0 Å². The van der Waals surface area contributed by atoms with E-state index in [1.807, 2.05) is 12.1 Å². The number of allylic oxidation sites excluding steroid dienone is 1. The quantitative estimate of drug-likeness (QED) is 0.435. The molecule has 0 radical (unpaired) electrons. The van der Waals surface area contributed by atoms with Crippen molar-refractivity contribution in [1.82, 2.24) is 0 Å². The van der Waals surface area contributed by atoms with E-state index in [1.165, 1.54) is 54.9 Å². The third kappa shape index (κ3) is 3.20. The average molecular weight is 423 g/mol. The Morgan fingerprint density at radius 2 is 1.50 bits per heavy atom. The van der Waals surface area contributed by atoms with Crippen LogP contribution >= 0.6 is 0 Å². The number of hydrogen-bond acceptors (Lipinski definition) is 1. The number of carboxylic acid groups (broad SMARTS) is 1. The van der Waals surface area contributed by atoms with Crippen LogP contribution in [0.1, 0.15) is 60.0 Å². The molecule has 1 N–H and O–H groups in total. The van der Waals surface area contributed by atoms with Gasteiger partial charge in [0.2, 0.25) is 0 Å². The van der Waals surface area contributed by atoms with E-state index in [-0.39, 0.29) is 0 Å². The number of benzene rings is 3. The second-order valence-corrected chi connectivity index (χ2v) is 10.6. The number of aromatic carboxylic acids is 1. The summed E-state index contributed by atoms with van der Waals surface area (Å²) in [6.45, 7) is 4.05. The fourth-order valence-corrected chi connectivity index (χ4v) is 7.59. The van der Waals surface area contributed by atoms with E-state index < -0.39 is 5.97 Å². The summed E-state index contributed by atoms with van der Waals surface area (Å²) >= 11 is 0. The Labute approximate surface area is 190 Å². The first kappa shape index (κ1) is 19.8. The minimum absolute atomic E-state index is 0.327. The molecule has 2 nitrogen and oxygen atoms in total. The van der Waals surface area contributed by atoms with Crippen LogP contribution in [0, 0.1) is 17.8 Å². The highest BCUT2D eigenvalue weighted by molar-refractivity contribution is 5.91. The summed E-state index contributed by atoms with van der Waals surface area (Å²) < 4.78 is 0. The van der Waals surface area contributed by atoms with E-state index in [0.29, 0.717) is 11.0 Å². The third-order valence-electron chi connectivity index (χ3n) is 8.50. The number of rotatable bonds is 5. The Morgan fingerprint density at radius 1 is 0.875 bits per heavy atom. The Hall–Kier alpha value is -2.87. The second-order valence-electron chi connectivity index (χ2n) is 10.6. The summed E-state index contributed by atoms with van der Waals surface area (Å²) in [6.07, 6.45) is 11.5. The molecule has 0 unspecified atom stereocenters. The molecule has 3 aromatic rings. The Kier molecular flexibility index (Phi) is 4.54. The van der Waals surface area contributed by atoms with Crippen LogP contribution < -0.4 is 0 Å². The molecule has 0 heterocycles. The zero-order valence-corrected chi connectivity index (χ0v) is 18.5. The third-order valence-corrected chi connectivity index (χ3v) is 8.50. The van der Waals surface area contributed by atoms with Crippen molar-refractivity contribution >= 4 is 16.7 Å². The molecule has 0 amide bonds. The van der Waals surface area contributed by atoms with Crippen molar-refractivity contribution in [1.29, 1.82) is 0 Å². The molecular formula is C30H30O2. The lowest BCUT2D eigenvalue weighted by atomic mass is 9.47. The highest BCUT2D eigenvalue weighted by atomic mass is 16.4. The Morgan fingerprint density at radius 3 is 2.09 bits per heavy atom. The molecule has 2 heteroatoms. The molecule has 0 spiro atoms. The second kappa shape index (κ2) is 7.33. The van der Waals surface area contributed by atoms with Crippen molar-refractivity contribution in [2.45, 2.75) is 50.4 Å². The molecule has 162 valence electrons. The molecule has 7 rings (SSSR count). The van der Waals surface area contributed by atoms with Gasteiger partial charge in [-0.1, -0.05) is 42.5 Å². The molecule has 4 saturated carbocycles. The summed E-state index contributed by atoms with van der Waals surface area (Å²) in [6, 6.07) is 18.8. The maximum Gasteiger partial charge on any atom is 0.335 e. The maximum absolute atomic E-state index is 11.2. The molecule has 4 aliphatic rings. The van der Waals surface area contributed by atoms with Crippen LogP contribution in [0.3, 0.4) is 0 Å². The van der Waals surface area contributed by atoms with Gasteiger partial charge in [0, 0.05) is 0 Å². The molecule has 32 heavy (non-hydrogen) atoms. The van der Waals surface area contributed by atoms with Gasteiger partial charge in [-0.25, -0.2) is 4.79 Å². The molecule has 0 saturated heterocycles. The predicted molar refractivity (Wildman–Crippen MR) is 130 cm³/mol. The monoisotopic (exact) mass is 422 g/mol. The summed E-state index contributed by atoms with van der Waals surface area (Å²) in [5.74, 6) is 1.89. The van der Waals surface area contributed by atoms with E-state index in [9.17, 15) is 9.90 Å². The number of fused-ring (bicyclic) bond motifs is 1. The predicted octanol–water partition coefficient (Wildman–Crippen LogP) is 7.40. The van der Waals surface area contributed by atoms with Crippen LogP contribution in [0.25, 0.3) is 21.9 Å². The van der Waals surface area contributed by atoms with Gasteiger partial charge < -0.3 is 5.11 Å². The van der Waals surface area contributed by atoms with Crippen LogP contribution in [0.4, 0.5) is 0 Å². The van der Waals surface area contributed by atoms with Crippen molar-refractivity contribution < 1.29 is 9.90 Å². The number of carboxylic acids is 1. The lowest BCUT2D eigenvalue weighted by molar-refractivity contribution is -0.00546. The van der Waals surface area contributed by atoms with Crippen molar-refractivity contribution in [3.05, 3.63) is 83.9 Å². The van der Waals surface area contributed by atoms with E-state index >= 15 is 0 Å². The van der Waals surface area contributed by atoms with Gasteiger partial charge in [0.1, 0.15) is 0 Å². The zero-order valence-electron chi connectivity index (χ0n) is 18.5. The zero-order chi connectivity index (χ0) is 21.9. The minimum Gasteiger partial charge on any atom is -0.478 e. The molecular weight excluding hydrogens is 392 g/mol. The molecule has 4 bridgehead atoms. The SMILES string of the molecule is C=CCc1cc2ccc(-c3ccc(C(=O)O)cc3)cc2cc1C12CC3CC(CC(C3)C1)C2. The van der Waals surface area contributed by atoms with E-state index in [1.54, 1.807) is 17.7 Å². The van der Waals surface area contributed by atoms with Crippen molar-refractivity contribution in [3.8, 4) is 11.1 Å². The van der Waals surface area contributed by atoms with Crippen LogP contribution in [0.15, 0.2) is 67.3 Å². The smallest absolute Gasteiger partial charge is 0.335 e. The Bertz CT molecular complexity index is 1180. The van der Waals surface area contributed by atoms with Gasteiger partial charge in [-0.3, -0.25) is 0 Å². The summed E-state index contributed by atoms with van der Waals surface area (Å²) in [5, 5.41) is 11.8. The largest absolute Gasteiger partial charge is 0.478 e. The first-order valence-electron chi connectivity index (χ1n) is 12.0. The van der Waals surface area contributed by atoms with Gasteiger partial charge in [-0.05, 0) is 119 Å². The van der Waals surface area contributed by atoms with Crippen LogP contribution in [0.2, 0.25) is 0 Å². The summed E-state index contributed by atoms with van der Waals surface area (Å²) in [4.78, 5) is 11.2. The molecule has 3 aromatic carbocycles. The van der Waals surface area contributed by atoms with Crippen LogP contribution in [0.5, 0.6) is 0 Å². The van der Waals surface area contributed by atoms with Gasteiger partial charge in [0.25, 0.3) is 0 Å². The topological polar surface area (TPSA) is 37.3 Å². The summed E-state index contributed by atoms with van der Waals surface area (Å²) in [5.41, 5.74) is 5.94. The van der Waals surface area contributed by atoms with Crippen LogP contribution in [-0.2, 0) is 11.8 Å². The first-order valence-corrected chi connectivity index (χ1v) is 12.0. The van der Waals surface area contributed by atoms with Gasteiger partial charge in [0.05, 0.1) is 5.56 Å². The molecule has 0 aromatic heterocycles. The van der Waals surface area contributed by atoms with Crippen molar-refractivity contribution in [2.75, 3.05) is 0 Å². The standard InChI is InChI=1S/C30H30O2/c1-2-3-26-13-25-9-8-24(22-4-6-23(7-5-22)29(31)32)14-27(25)15-28(26)30-16-19-10-20(17-30)12-21(11-19)18-30/h2,4-9,13-15,19-21H,1,3,10-12,16-18H2,(H,31,32). The Balaban J connectivity index is 1.45. The van der Waals surface area contributed by atoms with Gasteiger partial charge >= 0.3 is 5.97 Å². The van der Waals surface area contributed by atoms with Crippen molar-refractivity contribution in [2.24, 2.45) is 17.8 Å². The molecule has 0 aliphatic heterocycles. The normalized spacial score (nSPS) is 28.2. The van der Waals surface area contributed by atoms with Crippen LogP contribution in [-0.4, -0.2) is 11.1 Å². The lowest BCUT2D eigenvalue weighted by Crippen LogP contribution is -2.48. The molecule has 0 atom stereocenters. The van der Waals surface area contributed by atoms with Gasteiger partial charge in [-0.15, -0.1) is 6.58 Å². The highest BCUT2D eigenvalue weighted by Gasteiger charge is 2.52. The number of hydrogen-bond donors (Lipinski definition) is 1. The molecule has 4 aliphatic carbocycles. The fourth-order valence-electron chi connectivity index (χ4n) is 7.59. The first-order chi connectivity index (χ1) is 15.5. The lowest BCUT2D eigenvalue weighted by Gasteiger charge is -2.57. The summed E-state index contributed by atoms with van der Waals surface area (Å²) in [7, 11) is 0.